The first-order valence-electron chi connectivity index (χ1n) is 25.3. The normalized spacial score (nSPS) is 22.2. The first-order valence-corrected chi connectivity index (χ1v) is 27.6. The fourth-order valence-electron chi connectivity index (χ4n) is 10.3. The zero-order chi connectivity index (χ0) is 55.5. The summed E-state index contributed by atoms with van der Waals surface area (Å²) in [4.78, 5) is 96.0. The lowest BCUT2D eigenvalue weighted by molar-refractivity contribution is -0.129. The van der Waals surface area contributed by atoms with E-state index in [9.17, 15) is 27.6 Å². The maximum Gasteiger partial charge on any atom is 0.320 e. The smallest absolute Gasteiger partial charge is 0.320 e. The average Bonchev–Trinajstić information content (AvgIpc) is 3.56. The molecule has 5 aromatic rings. The molecule has 1 N–H and O–H groups in total. The van der Waals surface area contributed by atoms with Gasteiger partial charge in [-0.3, -0.25) is 24.0 Å². The second-order valence-electron chi connectivity index (χ2n) is 19.3. The number of amides is 3. The fraction of sp³-hybridized carbons (Fsp3) is 0.453. The Balaban J connectivity index is 0.000000143. The standard InChI is InChI=1S/C20H22N4O3.C13H18N4O4S.C12H15ClN4O2.C8H8O/c1-3-20-13-27-10-9-24(20)18-15(23(2)19(20)26)12-21-17(22-18)11-16(25)14-7-5-4-6-8-14;1-4-13-8-21-6-5-17(13)10-9(16(2)11(13)18)7-14-12(15-10)22(3,19)20;1-3-12-7-19-5-4-17(12)9-8(16(2)10(12)18)6-14-11(13)15-9;1-7(9)8-5-3-2-4-6-8/h4-8,12H,3,9-11,13H2,1-2H3;7H,4-6,8H2,1-3H3;6H,3-5,7H2,1-2H3;2-6H,1H3/p+1. The van der Waals surface area contributed by atoms with E-state index in [1.807, 2.05) is 84.0 Å². The SMILES string of the molecule is CC(=[OH+])c1ccccc1.CCC12COCCN1c1nc(CC(=O)c3ccccc3)ncc1N(C)C2=O.CCC12COCCN1c1nc(Cl)ncc1N(C)C2=O.CCC12COCCN1c1nc(S(C)(=O)=O)ncc1N(C)C2=O. The number of benzene rings is 2. The van der Waals surface area contributed by atoms with Crippen molar-refractivity contribution in [2.24, 2.45) is 0 Å². The molecule has 22 nitrogen and oxygen atoms in total. The molecule has 6 aliphatic rings. The molecule has 0 saturated carbocycles. The molecule has 6 aliphatic heterocycles. The lowest BCUT2D eigenvalue weighted by atomic mass is 9.89. The molecule has 2 aromatic carbocycles. The number of hydrogen-bond donors (Lipinski definition) is 0. The molecule has 11 rings (SSSR count). The molecular formula is C53H64ClN12O10S+. The van der Waals surface area contributed by atoms with Gasteiger partial charge in [0.25, 0.3) is 17.7 Å². The summed E-state index contributed by atoms with van der Waals surface area (Å²) in [5.41, 5.74) is 1.17. The second kappa shape index (κ2) is 22.9. The zero-order valence-electron chi connectivity index (χ0n) is 44.5. The van der Waals surface area contributed by atoms with Gasteiger partial charge in [-0.2, -0.15) is 9.97 Å². The highest BCUT2D eigenvalue weighted by Gasteiger charge is 2.54. The molecular weight excluding hydrogens is 1030 g/mol. The van der Waals surface area contributed by atoms with E-state index >= 15 is 0 Å². The van der Waals surface area contributed by atoms with Gasteiger partial charge in [-0.25, -0.2) is 28.4 Å². The number of fused-ring (bicyclic) bond motifs is 9. The Labute approximate surface area is 452 Å². The predicted octanol–water partition coefficient (Wildman–Crippen LogP) is 4.40. The molecule has 3 saturated heterocycles. The van der Waals surface area contributed by atoms with Gasteiger partial charge in [0.05, 0.1) is 77.1 Å². The van der Waals surface area contributed by atoms with Crippen LogP contribution in [0.25, 0.3) is 0 Å². The van der Waals surface area contributed by atoms with Crippen LogP contribution in [0.4, 0.5) is 34.5 Å². The van der Waals surface area contributed by atoms with Crippen molar-refractivity contribution in [1.29, 1.82) is 0 Å². The number of hydrogen-bond acceptors (Lipinski definition) is 18. The molecule has 0 spiro atoms. The maximum atomic E-state index is 13.0. The Hall–Kier alpha value is -7.05. The van der Waals surface area contributed by atoms with Gasteiger partial charge in [0.2, 0.25) is 20.3 Å². The molecule has 408 valence electrons. The van der Waals surface area contributed by atoms with Crippen LogP contribution in [0.5, 0.6) is 0 Å². The number of rotatable bonds is 8. The number of anilines is 6. The lowest BCUT2D eigenvalue weighted by Gasteiger charge is -2.51. The van der Waals surface area contributed by atoms with E-state index < -0.39 is 26.5 Å². The summed E-state index contributed by atoms with van der Waals surface area (Å²) in [6.45, 7) is 11.9. The Kier molecular flexibility index (Phi) is 16.7. The molecule has 9 heterocycles. The maximum absolute atomic E-state index is 13.0. The molecule has 3 amide bonds. The Morgan fingerprint density at radius 1 is 0.610 bits per heavy atom. The molecule has 3 aromatic heterocycles. The van der Waals surface area contributed by atoms with E-state index in [1.165, 1.54) is 11.1 Å². The van der Waals surface area contributed by atoms with Crippen molar-refractivity contribution in [3.8, 4) is 0 Å². The van der Waals surface area contributed by atoms with Crippen LogP contribution >= 0.6 is 11.6 Å². The van der Waals surface area contributed by atoms with Gasteiger partial charge in [0.1, 0.15) is 39.5 Å². The minimum Gasteiger partial charge on any atom is -0.377 e. The second-order valence-corrected chi connectivity index (χ2v) is 21.5. The highest BCUT2D eigenvalue weighted by Crippen LogP contribution is 2.44. The van der Waals surface area contributed by atoms with E-state index in [0.717, 1.165) is 11.8 Å². The van der Waals surface area contributed by atoms with E-state index in [-0.39, 0.29) is 47.0 Å². The van der Waals surface area contributed by atoms with Crippen LogP contribution < -0.4 is 29.4 Å². The van der Waals surface area contributed by atoms with Crippen molar-refractivity contribution in [1.82, 2.24) is 29.9 Å². The number of halogens is 1. The summed E-state index contributed by atoms with van der Waals surface area (Å²) in [5.74, 6) is 2.62. The van der Waals surface area contributed by atoms with Crippen LogP contribution in [-0.4, -0.2) is 176 Å². The van der Waals surface area contributed by atoms with Crippen LogP contribution in [0.15, 0.2) is 84.4 Å². The van der Waals surface area contributed by atoms with Crippen molar-refractivity contribution in [2.45, 2.75) is 75.2 Å². The minimum atomic E-state index is -3.52. The van der Waals surface area contributed by atoms with Gasteiger partial charge < -0.3 is 43.6 Å². The van der Waals surface area contributed by atoms with Gasteiger partial charge in [0, 0.05) is 52.6 Å². The molecule has 24 heteroatoms. The van der Waals surface area contributed by atoms with Crippen LogP contribution in [-0.2, 0) is 44.9 Å². The molecule has 3 fully saturated rings. The van der Waals surface area contributed by atoms with Crippen molar-refractivity contribution in [3.05, 3.63) is 101 Å². The highest BCUT2D eigenvalue weighted by molar-refractivity contribution is 7.90. The largest absolute Gasteiger partial charge is 0.377 e. The summed E-state index contributed by atoms with van der Waals surface area (Å²) >= 11 is 5.90. The summed E-state index contributed by atoms with van der Waals surface area (Å²) in [7, 11) is 1.61. The molecule has 0 radical (unpaired) electrons. The number of nitrogens with zero attached hydrogens (tertiary/aromatic N) is 12. The number of aromatic nitrogens is 6. The number of Topliss-reactive ketones (excluding diaryl/α,β-unsaturated/α-hetero) is 1. The topological polar surface area (TPSA) is 248 Å². The van der Waals surface area contributed by atoms with Gasteiger partial charge in [-0.05, 0) is 43.0 Å². The molecule has 3 atom stereocenters. The fourth-order valence-corrected chi connectivity index (χ4v) is 11.0. The first kappa shape index (κ1) is 56.2. The number of carbonyl (C=O) groups is 4. The van der Waals surface area contributed by atoms with Gasteiger partial charge in [0.15, 0.2) is 23.2 Å². The third-order valence-corrected chi connectivity index (χ3v) is 15.9. The molecule has 0 bridgehead atoms. The monoisotopic (exact) mass is 1100 g/mol. The van der Waals surface area contributed by atoms with E-state index in [2.05, 4.69) is 29.9 Å². The van der Waals surface area contributed by atoms with E-state index in [4.69, 9.17) is 30.6 Å². The average molecular weight is 1100 g/mol. The Bertz CT molecular complexity index is 3160. The van der Waals surface area contributed by atoms with Gasteiger partial charge in [-0.1, -0.05) is 69.3 Å². The van der Waals surface area contributed by atoms with Gasteiger partial charge >= 0.3 is 5.78 Å². The van der Waals surface area contributed by atoms with Crippen LogP contribution in [0.3, 0.4) is 0 Å². The quantitative estimate of drug-likeness (QED) is 0.119. The molecule has 0 aliphatic carbocycles. The third kappa shape index (κ3) is 10.6. The number of sulfone groups is 1. The van der Waals surface area contributed by atoms with Crippen molar-refractivity contribution >= 4 is 85.2 Å². The summed E-state index contributed by atoms with van der Waals surface area (Å²) in [5, 5.41) is -0.0384. The third-order valence-electron chi connectivity index (χ3n) is 14.9. The lowest BCUT2D eigenvalue weighted by Crippen LogP contribution is -2.68. The van der Waals surface area contributed by atoms with Crippen LogP contribution in [0, 0.1) is 0 Å². The number of morpholine rings is 3. The van der Waals surface area contributed by atoms with E-state index in [1.54, 1.807) is 62.4 Å². The van der Waals surface area contributed by atoms with E-state index in [0.29, 0.717) is 124 Å². The first-order chi connectivity index (χ1) is 36.8. The van der Waals surface area contributed by atoms with Gasteiger partial charge in [-0.15, -0.1) is 0 Å². The molecule has 3 unspecified atom stereocenters. The Morgan fingerprint density at radius 3 is 1.40 bits per heavy atom. The van der Waals surface area contributed by atoms with Crippen molar-refractivity contribution < 1.29 is 46.6 Å². The Morgan fingerprint density at radius 2 is 1.00 bits per heavy atom. The van der Waals surface area contributed by atoms with Crippen LogP contribution in [0.1, 0.15) is 68.7 Å². The highest BCUT2D eigenvalue weighted by atomic mass is 35.5. The molecule has 77 heavy (non-hydrogen) atoms. The number of ketones is 2. The number of carbonyl (C=O) groups excluding carboxylic acids is 5. The minimum absolute atomic E-state index is 0.00564. The number of likely N-dealkylation sites (N-methyl/N-ethyl adjacent to an activating group) is 3. The zero-order valence-corrected chi connectivity index (χ0v) is 46.0. The summed E-state index contributed by atoms with van der Waals surface area (Å²) in [6.07, 6.45) is 7.66. The predicted molar refractivity (Wildman–Crippen MR) is 291 cm³/mol. The van der Waals surface area contributed by atoms with Crippen molar-refractivity contribution in [2.75, 3.05) is 116 Å². The number of ether oxygens (including phenoxy) is 3. The summed E-state index contributed by atoms with van der Waals surface area (Å²) in [6, 6.07) is 18.6. The summed E-state index contributed by atoms with van der Waals surface area (Å²) < 4.78 is 40.1. The van der Waals surface area contributed by atoms with Crippen molar-refractivity contribution in [3.63, 3.8) is 0 Å². The van der Waals surface area contributed by atoms with Crippen LogP contribution in [0.2, 0.25) is 5.28 Å².